The minimum Gasteiger partial charge on any atom is -0.497 e. The van der Waals surface area contributed by atoms with Gasteiger partial charge >= 0.3 is 0 Å². The van der Waals surface area contributed by atoms with Crippen LogP contribution in [0.2, 0.25) is 0 Å². The lowest BCUT2D eigenvalue weighted by Crippen LogP contribution is -2.38. The molecule has 1 amide bonds. The second-order valence-corrected chi connectivity index (χ2v) is 7.14. The largest absolute Gasteiger partial charge is 0.497 e. The van der Waals surface area contributed by atoms with Crippen molar-refractivity contribution in [2.24, 2.45) is 5.73 Å². The smallest absolute Gasteiger partial charge is 0.241 e. The Morgan fingerprint density at radius 1 is 1.07 bits per heavy atom. The van der Waals surface area contributed by atoms with Crippen molar-refractivity contribution in [3.63, 3.8) is 0 Å². The summed E-state index contributed by atoms with van der Waals surface area (Å²) >= 11 is 0. The van der Waals surface area contributed by atoms with Crippen molar-refractivity contribution in [3.8, 4) is 5.75 Å². The van der Waals surface area contributed by atoms with E-state index in [1.54, 1.807) is 7.11 Å². The first-order valence-corrected chi connectivity index (χ1v) is 9.65. The van der Waals surface area contributed by atoms with Crippen LogP contribution in [-0.4, -0.2) is 37.0 Å². The molecular formula is C22H31Cl2N3O2. The van der Waals surface area contributed by atoms with Gasteiger partial charge in [0.15, 0.2) is 0 Å². The third-order valence-corrected chi connectivity index (χ3v) is 5.07. The van der Waals surface area contributed by atoms with E-state index >= 15 is 0 Å². The molecule has 160 valence electrons. The van der Waals surface area contributed by atoms with Gasteiger partial charge in [-0.15, -0.1) is 24.8 Å². The average Bonchev–Trinajstić information content (AvgIpc) is 2.71. The van der Waals surface area contributed by atoms with E-state index in [4.69, 9.17) is 10.5 Å². The number of rotatable bonds is 7. The van der Waals surface area contributed by atoms with Crippen molar-refractivity contribution in [1.82, 2.24) is 4.90 Å². The van der Waals surface area contributed by atoms with Crippen LogP contribution in [0.25, 0.3) is 0 Å². The molecule has 29 heavy (non-hydrogen) atoms. The van der Waals surface area contributed by atoms with Gasteiger partial charge in [-0.3, -0.25) is 9.69 Å². The highest BCUT2D eigenvalue weighted by molar-refractivity contribution is 5.95. The zero-order chi connectivity index (χ0) is 19.1. The summed E-state index contributed by atoms with van der Waals surface area (Å²) in [6.07, 6.45) is 4.31. The second kappa shape index (κ2) is 12.7. The minimum absolute atomic E-state index is 0. The van der Waals surface area contributed by atoms with E-state index in [0.29, 0.717) is 6.42 Å². The van der Waals surface area contributed by atoms with Crippen LogP contribution in [0, 0.1) is 0 Å². The number of nitrogens with one attached hydrogen (secondary N) is 1. The molecule has 1 aliphatic heterocycles. The molecule has 2 aromatic rings. The SMILES string of the molecule is COc1ccc(C[C@H](N)C(=O)Nc2ccccc2CN2CCCCC2)cc1.Cl.Cl. The number of para-hydroxylation sites is 1. The number of amides is 1. The van der Waals surface area contributed by atoms with Gasteiger partial charge in [0.2, 0.25) is 5.91 Å². The van der Waals surface area contributed by atoms with Gasteiger partial charge in [-0.25, -0.2) is 0 Å². The van der Waals surface area contributed by atoms with Gasteiger partial charge in [-0.1, -0.05) is 36.8 Å². The number of benzene rings is 2. The Labute approximate surface area is 185 Å². The van der Waals surface area contributed by atoms with E-state index in [0.717, 1.165) is 42.2 Å². The molecule has 1 heterocycles. The molecule has 0 spiro atoms. The van der Waals surface area contributed by atoms with Gasteiger partial charge in [0.05, 0.1) is 13.2 Å². The van der Waals surface area contributed by atoms with Crippen molar-refractivity contribution in [1.29, 1.82) is 0 Å². The van der Waals surface area contributed by atoms with E-state index in [-0.39, 0.29) is 30.7 Å². The number of halogens is 2. The fraction of sp³-hybridized carbons (Fsp3) is 0.409. The Bertz CT molecular complexity index is 750. The number of hydrogen-bond acceptors (Lipinski definition) is 4. The standard InChI is InChI=1S/C22H29N3O2.2ClH/c1-27-19-11-9-17(10-12-19)15-20(23)22(26)24-21-8-4-3-7-18(21)16-25-13-5-2-6-14-25;;/h3-4,7-12,20H,2,5-6,13-16,23H2,1H3,(H,24,26);2*1H/t20-;;/m0../s1. The number of ether oxygens (including phenoxy) is 1. The molecule has 3 N–H and O–H groups in total. The Morgan fingerprint density at radius 2 is 1.72 bits per heavy atom. The van der Waals surface area contributed by atoms with Crippen molar-refractivity contribution in [2.45, 2.75) is 38.3 Å². The first kappa shape index (κ1) is 25.2. The first-order chi connectivity index (χ1) is 13.2. The van der Waals surface area contributed by atoms with Crippen LogP contribution in [0.5, 0.6) is 5.75 Å². The first-order valence-electron chi connectivity index (χ1n) is 9.65. The number of piperidine rings is 1. The van der Waals surface area contributed by atoms with Crippen LogP contribution in [0.4, 0.5) is 5.69 Å². The van der Waals surface area contributed by atoms with E-state index in [9.17, 15) is 4.79 Å². The quantitative estimate of drug-likeness (QED) is 0.682. The summed E-state index contributed by atoms with van der Waals surface area (Å²) in [5, 5.41) is 3.03. The van der Waals surface area contributed by atoms with Crippen LogP contribution in [0.1, 0.15) is 30.4 Å². The molecule has 1 fully saturated rings. The molecular weight excluding hydrogens is 409 g/mol. The molecule has 2 aromatic carbocycles. The van der Waals surface area contributed by atoms with Crippen molar-refractivity contribution >= 4 is 36.4 Å². The normalized spacial score (nSPS) is 14.8. The molecule has 1 saturated heterocycles. The number of carbonyl (C=O) groups excluding carboxylic acids is 1. The van der Waals surface area contributed by atoms with E-state index in [2.05, 4.69) is 16.3 Å². The molecule has 3 rings (SSSR count). The Morgan fingerprint density at radius 3 is 2.38 bits per heavy atom. The fourth-order valence-corrected chi connectivity index (χ4v) is 3.47. The van der Waals surface area contributed by atoms with Crippen molar-refractivity contribution in [3.05, 3.63) is 59.7 Å². The highest BCUT2D eigenvalue weighted by Gasteiger charge is 2.17. The monoisotopic (exact) mass is 439 g/mol. The van der Waals surface area contributed by atoms with Gasteiger partial charge in [-0.05, 0) is 61.7 Å². The van der Waals surface area contributed by atoms with E-state index in [1.807, 2.05) is 42.5 Å². The molecule has 0 bridgehead atoms. The van der Waals surface area contributed by atoms with Crippen molar-refractivity contribution in [2.75, 3.05) is 25.5 Å². The maximum Gasteiger partial charge on any atom is 0.241 e. The number of hydrogen-bond donors (Lipinski definition) is 2. The summed E-state index contributed by atoms with van der Waals surface area (Å²) in [6.45, 7) is 3.11. The Balaban J connectivity index is 0.00000210. The number of likely N-dealkylation sites (tertiary alicyclic amines) is 1. The molecule has 0 aliphatic carbocycles. The summed E-state index contributed by atoms with van der Waals surface area (Å²) in [4.78, 5) is 15.1. The highest BCUT2D eigenvalue weighted by atomic mass is 35.5. The van der Waals surface area contributed by atoms with Crippen LogP contribution in [-0.2, 0) is 17.8 Å². The summed E-state index contributed by atoms with van der Waals surface area (Å²) in [7, 11) is 1.63. The minimum atomic E-state index is -0.596. The second-order valence-electron chi connectivity index (χ2n) is 7.14. The third-order valence-electron chi connectivity index (χ3n) is 5.07. The van der Waals surface area contributed by atoms with Gasteiger partial charge < -0.3 is 15.8 Å². The number of carbonyl (C=O) groups is 1. The topological polar surface area (TPSA) is 67.6 Å². The zero-order valence-corrected chi connectivity index (χ0v) is 18.4. The zero-order valence-electron chi connectivity index (χ0n) is 16.8. The number of methoxy groups -OCH3 is 1. The van der Waals surface area contributed by atoms with Gasteiger partial charge in [0, 0.05) is 12.2 Å². The van der Waals surface area contributed by atoms with Crippen LogP contribution >= 0.6 is 24.8 Å². The van der Waals surface area contributed by atoms with Gasteiger partial charge in [-0.2, -0.15) is 0 Å². The maximum atomic E-state index is 12.6. The van der Waals surface area contributed by atoms with E-state index in [1.165, 1.54) is 19.3 Å². The average molecular weight is 440 g/mol. The van der Waals surface area contributed by atoms with Crippen molar-refractivity contribution < 1.29 is 9.53 Å². The lowest BCUT2D eigenvalue weighted by atomic mass is 10.0. The molecule has 1 aliphatic rings. The van der Waals surface area contributed by atoms with Crippen LogP contribution in [0.3, 0.4) is 0 Å². The molecule has 7 heteroatoms. The molecule has 0 aromatic heterocycles. The van der Waals surface area contributed by atoms with E-state index < -0.39 is 6.04 Å². The van der Waals surface area contributed by atoms with Crippen LogP contribution in [0.15, 0.2) is 48.5 Å². The molecule has 0 saturated carbocycles. The molecule has 5 nitrogen and oxygen atoms in total. The predicted molar refractivity (Wildman–Crippen MR) is 123 cm³/mol. The summed E-state index contributed by atoms with van der Waals surface area (Å²) in [5.41, 5.74) is 9.16. The Kier molecular flexibility index (Phi) is 11.1. The van der Waals surface area contributed by atoms with Crippen LogP contribution < -0.4 is 15.8 Å². The lowest BCUT2D eigenvalue weighted by Gasteiger charge is -2.27. The highest BCUT2D eigenvalue weighted by Crippen LogP contribution is 2.20. The number of nitrogens with zero attached hydrogens (tertiary/aromatic N) is 1. The third kappa shape index (κ3) is 7.52. The Hall–Kier alpha value is -1.79. The molecule has 0 unspecified atom stereocenters. The number of nitrogens with two attached hydrogens (primary N) is 1. The number of anilines is 1. The van der Waals surface area contributed by atoms with Gasteiger partial charge in [0.25, 0.3) is 0 Å². The molecule has 1 atom stereocenters. The van der Waals surface area contributed by atoms with Gasteiger partial charge in [0.1, 0.15) is 5.75 Å². The summed E-state index contributed by atoms with van der Waals surface area (Å²) in [6, 6.07) is 15.1. The predicted octanol–water partition coefficient (Wildman–Crippen LogP) is 4.03. The maximum absolute atomic E-state index is 12.6. The summed E-state index contributed by atoms with van der Waals surface area (Å²) < 4.78 is 5.16. The lowest BCUT2D eigenvalue weighted by molar-refractivity contribution is -0.117. The fourth-order valence-electron chi connectivity index (χ4n) is 3.47. The molecule has 0 radical (unpaired) electrons. The summed E-state index contributed by atoms with van der Waals surface area (Å²) in [5.74, 6) is 0.639.